The zero-order chi connectivity index (χ0) is 19.0. The summed E-state index contributed by atoms with van der Waals surface area (Å²) < 4.78 is 25.8. The van der Waals surface area contributed by atoms with Gasteiger partial charge in [0.15, 0.2) is 5.96 Å². The third kappa shape index (κ3) is 5.31. The molecule has 0 fully saturated rings. The van der Waals surface area contributed by atoms with E-state index in [2.05, 4.69) is 39.4 Å². The van der Waals surface area contributed by atoms with Gasteiger partial charge in [-0.3, -0.25) is 4.99 Å². The Bertz CT molecular complexity index is 846. The molecule has 2 rings (SSSR count). The molecule has 2 aromatic carbocycles. The average molecular weight is 375 g/mol. The molecule has 0 saturated carbocycles. The van der Waals surface area contributed by atoms with Gasteiger partial charge in [0.1, 0.15) is 0 Å². The van der Waals surface area contributed by atoms with Gasteiger partial charge in [-0.15, -0.1) is 0 Å². The van der Waals surface area contributed by atoms with Crippen molar-refractivity contribution in [1.29, 1.82) is 0 Å². The van der Waals surface area contributed by atoms with Crippen molar-refractivity contribution >= 4 is 16.0 Å². The van der Waals surface area contributed by atoms with Crippen molar-refractivity contribution in [3.8, 4) is 0 Å². The molecule has 3 N–H and O–H groups in total. The van der Waals surface area contributed by atoms with Crippen molar-refractivity contribution in [1.82, 2.24) is 15.4 Å². The molecule has 0 aromatic heterocycles. The van der Waals surface area contributed by atoms with Gasteiger partial charge in [0.05, 0.1) is 4.90 Å². The first-order valence-corrected chi connectivity index (χ1v) is 10.0. The van der Waals surface area contributed by atoms with Crippen LogP contribution in [-0.4, -0.2) is 28.5 Å². The van der Waals surface area contributed by atoms with Gasteiger partial charge in [0, 0.05) is 20.1 Å². The largest absolute Gasteiger partial charge is 0.352 e. The molecule has 2 aromatic rings. The third-order valence-electron chi connectivity index (χ3n) is 4.13. The van der Waals surface area contributed by atoms with Crippen molar-refractivity contribution in [2.45, 2.75) is 31.3 Å². The average Bonchev–Trinajstić information content (AvgIpc) is 2.68. The molecule has 0 heterocycles. The lowest BCUT2D eigenvalue weighted by atomic mass is 10.1. The van der Waals surface area contributed by atoms with Crippen LogP contribution in [-0.2, 0) is 29.5 Å². The van der Waals surface area contributed by atoms with Gasteiger partial charge in [-0.25, -0.2) is 13.1 Å². The maximum absolute atomic E-state index is 11.7. The molecule has 0 aliphatic carbocycles. The minimum Gasteiger partial charge on any atom is -0.352 e. The standard InChI is InChI=1S/C19H26N4O2S/c1-4-16-7-5-6-8-17(16)14-23-19(20-2)22-13-15-9-11-18(12-10-15)26(24,25)21-3/h5-12,21H,4,13-14H2,1-3H3,(H2,20,22,23). The van der Waals surface area contributed by atoms with Crippen molar-refractivity contribution in [3.63, 3.8) is 0 Å². The second-order valence-corrected chi connectivity index (χ2v) is 7.64. The summed E-state index contributed by atoms with van der Waals surface area (Å²) in [5.41, 5.74) is 3.54. The van der Waals surface area contributed by atoms with Crippen LogP contribution in [0.5, 0.6) is 0 Å². The van der Waals surface area contributed by atoms with Crippen LogP contribution in [0.4, 0.5) is 0 Å². The van der Waals surface area contributed by atoms with Gasteiger partial charge in [-0.05, 0) is 42.3 Å². The van der Waals surface area contributed by atoms with E-state index in [-0.39, 0.29) is 4.90 Å². The summed E-state index contributed by atoms with van der Waals surface area (Å²) in [6.45, 7) is 3.39. The first kappa shape index (κ1) is 19.9. The van der Waals surface area contributed by atoms with Crippen molar-refractivity contribution in [3.05, 3.63) is 65.2 Å². The van der Waals surface area contributed by atoms with Crippen LogP contribution in [0.2, 0.25) is 0 Å². The Kier molecular flexibility index (Phi) is 7.17. The summed E-state index contributed by atoms with van der Waals surface area (Å²) in [5.74, 6) is 0.697. The Labute approximate surface area is 155 Å². The summed E-state index contributed by atoms with van der Waals surface area (Å²) >= 11 is 0. The van der Waals surface area contributed by atoms with Gasteiger partial charge < -0.3 is 10.6 Å². The van der Waals surface area contributed by atoms with Crippen LogP contribution in [0, 0.1) is 0 Å². The van der Waals surface area contributed by atoms with Gasteiger partial charge in [0.25, 0.3) is 0 Å². The van der Waals surface area contributed by atoms with Crippen LogP contribution in [0.1, 0.15) is 23.6 Å². The summed E-state index contributed by atoms with van der Waals surface area (Å²) in [4.78, 5) is 4.48. The molecule has 7 heteroatoms. The highest BCUT2D eigenvalue weighted by Gasteiger charge is 2.10. The number of benzene rings is 2. The number of hydrogen-bond donors (Lipinski definition) is 3. The smallest absolute Gasteiger partial charge is 0.240 e. The van der Waals surface area contributed by atoms with Crippen molar-refractivity contribution in [2.24, 2.45) is 4.99 Å². The van der Waals surface area contributed by atoms with E-state index >= 15 is 0 Å². The molecule has 0 bridgehead atoms. The van der Waals surface area contributed by atoms with Gasteiger partial charge in [-0.2, -0.15) is 0 Å². The molecule has 0 aliphatic rings. The lowest BCUT2D eigenvalue weighted by Gasteiger charge is -2.14. The van der Waals surface area contributed by atoms with Crippen molar-refractivity contribution in [2.75, 3.05) is 14.1 Å². The van der Waals surface area contributed by atoms with Gasteiger partial charge >= 0.3 is 0 Å². The Balaban J connectivity index is 1.93. The molecule has 26 heavy (non-hydrogen) atoms. The summed E-state index contributed by atoms with van der Waals surface area (Å²) in [6, 6.07) is 15.1. The minimum absolute atomic E-state index is 0.252. The Morgan fingerprint density at radius 1 is 0.962 bits per heavy atom. The van der Waals surface area contributed by atoms with E-state index in [4.69, 9.17) is 0 Å². The summed E-state index contributed by atoms with van der Waals surface area (Å²) in [6.07, 6.45) is 0.992. The minimum atomic E-state index is -3.40. The molecule has 0 saturated heterocycles. The second-order valence-electron chi connectivity index (χ2n) is 5.75. The maximum Gasteiger partial charge on any atom is 0.240 e. The fourth-order valence-corrected chi connectivity index (χ4v) is 3.29. The van der Waals surface area contributed by atoms with Crippen LogP contribution >= 0.6 is 0 Å². The lowest BCUT2D eigenvalue weighted by Crippen LogP contribution is -2.36. The van der Waals surface area contributed by atoms with E-state index in [0.29, 0.717) is 19.0 Å². The molecule has 0 spiro atoms. The molecule has 0 atom stereocenters. The predicted molar refractivity (Wildman–Crippen MR) is 106 cm³/mol. The zero-order valence-corrected chi connectivity index (χ0v) is 16.2. The molecule has 0 amide bonds. The number of aryl methyl sites for hydroxylation is 1. The van der Waals surface area contributed by atoms with Crippen LogP contribution in [0.3, 0.4) is 0 Å². The number of aliphatic imine (C=N–C) groups is 1. The van der Waals surface area contributed by atoms with Crippen LogP contribution in [0.15, 0.2) is 58.4 Å². The Morgan fingerprint density at radius 3 is 2.15 bits per heavy atom. The van der Waals surface area contributed by atoms with E-state index < -0.39 is 10.0 Å². The second kappa shape index (κ2) is 9.35. The molecule has 0 unspecified atom stereocenters. The Hall–Kier alpha value is -2.38. The van der Waals surface area contributed by atoms with Crippen molar-refractivity contribution < 1.29 is 8.42 Å². The first-order valence-electron chi connectivity index (χ1n) is 8.54. The van der Waals surface area contributed by atoms with Gasteiger partial charge in [-0.1, -0.05) is 43.3 Å². The van der Waals surface area contributed by atoms with Crippen LogP contribution in [0.25, 0.3) is 0 Å². The molecule has 6 nitrogen and oxygen atoms in total. The highest BCUT2D eigenvalue weighted by molar-refractivity contribution is 7.89. The summed E-state index contributed by atoms with van der Waals surface area (Å²) in [7, 11) is -0.277. The lowest BCUT2D eigenvalue weighted by molar-refractivity contribution is 0.588. The Morgan fingerprint density at radius 2 is 1.58 bits per heavy atom. The number of rotatable bonds is 7. The number of nitrogens with zero attached hydrogens (tertiary/aromatic N) is 1. The monoisotopic (exact) mass is 374 g/mol. The number of hydrogen-bond acceptors (Lipinski definition) is 3. The first-order chi connectivity index (χ1) is 12.5. The summed E-state index contributed by atoms with van der Waals surface area (Å²) in [5, 5.41) is 6.55. The fourth-order valence-electron chi connectivity index (χ4n) is 2.56. The van der Waals surface area contributed by atoms with E-state index in [1.54, 1.807) is 31.3 Å². The fraction of sp³-hybridized carbons (Fsp3) is 0.316. The topological polar surface area (TPSA) is 82.6 Å². The van der Waals surface area contributed by atoms with Gasteiger partial charge in [0.2, 0.25) is 10.0 Å². The molecule has 140 valence electrons. The van der Waals surface area contributed by atoms with E-state index in [9.17, 15) is 8.42 Å². The van der Waals surface area contributed by atoms with E-state index in [0.717, 1.165) is 12.0 Å². The predicted octanol–water partition coefficient (Wildman–Crippen LogP) is 2.02. The SMILES string of the molecule is CCc1ccccc1CNC(=NC)NCc1ccc(S(=O)(=O)NC)cc1. The molecular weight excluding hydrogens is 348 g/mol. The zero-order valence-electron chi connectivity index (χ0n) is 15.4. The molecule has 0 radical (unpaired) electrons. The normalized spacial score (nSPS) is 12.0. The molecular formula is C19H26N4O2S. The highest BCUT2D eigenvalue weighted by Crippen LogP contribution is 2.10. The van der Waals surface area contributed by atoms with E-state index in [1.165, 1.54) is 18.2 Å². The quantitative estimate of drug-likeness (QED) is 0.511. The maximum atomic E-state index is 11.7. The number of sulfonamides is 1. The van der Waals surface area contributed by atoms with E-state index in [1.807, 2.05) is 12.1 Å². The number of guanidine groups is 1. The van der Waals surface area contributed by atoms with Crippen LogP contribution < -0.4 is 15.4 Å². The molecule has 0 aliphatic heterocycles. The number of nitrogens with one attached hydrogen (secondary N) is 3. The highest BCUT2D eigenvalue weighted by atomic mass is 32.2. The third-order valence-corrected chi connectivity index (χ3v) is 5.56.